The van der Waals surface area contributed by atoms with Gasteiger partial charge in [0.15, 0.2) is 6.10 Å². The van der Waals surface area contributed by atoms with E-state index < -0.39 is 11.0 Å². The molecule has 0 aliphatic carbocycles. The third-order valence-corrected chi connectivity index (χ3v) is 3.73. The third-order valence-electron chi connectivity index (χ3n) is 3.73. The SMILES string of the molecule is C[C@H](Oc1cccc([N+](=O)[O-])c1)C(=O)Nc1ccc2ccccc2c1. The van der Waals surface area contributed by atoms with Crippen LogP contribution in [-0.4, -0.2) is 16.9 Å². The van der Waals surface area contributed by atoms with Gasteiger partial charge in [0.1, 0.15) is 5.75 Å². The summed E-state index contributed by atoms with van der Waals surface area (Å²) < 4.78 is 5.51. The van der Waals surface area contributed by atoms with Crippen molar-refractivity contribution in [2.75, 3.05) is 5.32 Å². The zero-order valence-corrected chi connectivity index (χ0v) is 13.5. The molecule has 3 aromatic carbocycles. The van der Waals surface area contributed by atoms with Gasteiger partial charge in [-0.1, -0.05) is 36.4 Å². The van der Waals surface area contributed by atoms with E-state index in [1.165, 1.54) is 18.2 Å². The van der Waals surface area contributed by atoms with Gasteiger partial charge in [0, 0.05) is 11.8 Å². The highest BCUT2D eigenvalue weighted by atomic mass is 16.6. The topological polar surface area (TPSA) is 81.5 Å². The Morgan fingerprint density at radius 3 is 2.56 bits per heavy atom. The summed E-state index contributed by atoms with van der Waals surface area (Å²) in [6, 6.07) is 19.2. The third kappa shape index (κ3) is 3.92. The van der Waals surface area contributed by atoms with Crippen LogP contribution in [0.4, 0.5) is 11.4 Å². The number of fused-ring (bicyclic) bond motifs is 1. The number of ether oxygens (including phenoxy) is 1. The van der Waals surface area contributed by atoms with Gasteiger partial charge < -0.3 is 10.1 Å². The fourth-order valence-electron chi connectivity index (χ4n) is 2.44. The summed E-state index contributed by atoms with van der Waals surface area (Å²) in [5, 5.41) is 15.7. The van der Waals surface area contributed by atoms with Crippen molar-refractivity contribution in [3.05, 3.63) is 76.8 Å². The standard InChI is InChI=1S/C19H16N2O4/c1-13(25-18-8-4-7-17(12-18)21(23)24)19(22)20-16-10-9-14-5-2-3-6-15(14)11-16/h2-13H,1H3,(H,20,22)/t13-/m0/s1. The van der Waals surface area contributed by atoms with Gasteiger partial charge in [-0.2, -0.15) is 0 Å². The van der Waals surface area contributed by atoms with Crippen LogP contribution in [0, 0.1) is 10.1 Å². The molecule has 0 fully saturated rings. The first kappa shape index (κ1) is 16.4. The molecule has 0 unspecified atom stereocenters. The number of carbonyl (C=O) groups is 1. The number of anilines is 1. The zero-order valence-electron chi connectivity index (χ0n) is 13.5. The molecular weight excluding hydrogens is 320 g/mol. The first-order chi connectivity index (χ1) is 12.0. The van der Waals surface area contributed by atoms with Crippen LogP contribution in [0.25, 0.3) is 10.8 Å². The van der Waals surface area contributed by atoms with E-state index in [2.05, 4.69) is 5.32 Å². The van der Waals surface area contributed by atoms with Gasteiger partial charge in [-0.3, -0.25) is 14.9 Å². The molecule has 0 radical (unpaired) electrons. The second-order valence-corrected chi connectivity index (χ2v) is 5.57. The number of hydrogen-bond acceptors (Lipinski definition) is 4. The molecular formula is C19H16N2O4. The molecule has 0 saturated carbocycles. The lowest BCUT2D eigenvalue weighted by atomic mass is 10.1. The molecule has 3 rings (SSSR count). The normalized spacial score (nSPS) is 11.7. The lowest BCUT2D eigenvalue weighted by Gasteiger charge is -2.15. The average Bonchev–Trinajstić information content (AvgIpc) is 2.61. The van der Waals surface area contributed by atoms with Crippen molar-refractivity contribution in [1.29, 1.82) is 0 Å². The van der Waals surface area contributed by atoms with Crippen LogP contribution in [-0.2, 0) is 4.79 Å². The molecule has 0 saturated heterocycles. The molecule has 0 bridgehead atoms. The summed E-state index contributed by atoms with van der Waals surface area (Å²) in [6.45, 7) is 1.59. The summed E-state index contributed by atoms with van der Waals surface area (Å²) in [7, 11) is 0. The Hall–Kier alpha value is -3.41. The number of nitro benzene ring substituents is 1. The van der Waals surface area contributed by atoms with Crippen molar-refractivity contribution >= 4 is 28.1 Å². The van der Waals surface area contributed by atoms with Crippen molar-refractivity contribution in [3.8, 4) is 5.75 Å². The molecule has 1 amide bonds. The summed E-state index contributed by atoms with van der Waals surface area (Å²) in [5.74, 6) is -0.0582. The van der Waals surface area contributed by atoms with E-state index in [1.54, 1.807) is 13.0 Å². The van der Waals surface area contributed by atoms with Gasteiger partial charge in [-0.25, -0.2) is 0 Å². The minimum atomic E-state index is -0.798. The number of amides is 1. The smallest absolute Gasteiger partial charge is 0.273 e. The number of nitrogens with one attached hydrogen (secondary N) is 1. The highest BCUT2D eigenvalue weighted by Crippen LogP contribution is 2.21. The largest absolute Gasteiger partial charge is 0.481 e. The minimum absolute atomic E-state index is 0.0837. The number of hydrogen-bond donors (Lipinski definition) is 1. The van der Waals surface area contributed by atoms with Crippen LogP contribution in [0.15, 0.2) is 66.7 Å². The van der Waals surface area contributed by atoms with Crippen molar-refractivity contribution in [2.24, 2.45) is 0 Å². The zero-order chi connectivity index (χ0) is 17.8. The number of non-ortho nitro benzene ring substituents is 1. The maximum atomic E-state index is 12.3. The van der Waals surface area contributed by atoms with Gasteiger partial charge in [0.05, 0.1) is 11.0 Å². The predicted octanol–water partition coefficient (Wildman–Crippen LogP) is 4.15. The molecule has 3 aromatic rings. The number of nitrogens with zero attached hydrogens (tertiary/aromatic N) is 1. The van der Waals surface area contributed by atoms with E-state index in [0.717, 1.165) is 10.8 Å². The average molecular weight is 336 g/mol. The number of benzene rings is 3. The fourth-order valence-corrected chi connectivity index (χ4v) is 2.44. The van der Waals surface area contributed by atoms with Gasteiger partial charge in [-0.15, -0.1) is 0 Å². The van der Waals surface area contributed by atoms with Crippen LogP contribution in [0.2, 0.25) is 0 Å². The second-order valence-electron chi connectivity index (χ2n) is 5.57. The van der Waals surface area contributed by atoms with Gasteiger partial charge in [0.25, 0.3) is 11.6 Å². The Kier molecular flexibility index (Phi) is 4.61. The van der Waals surface area contributed by atoms with Crippen LogP contribution in [0.1, 0.15) is 6.92 Å². The van der Waals surface area contributed by atoms with Crippen LogP contribution < -0.4 is 10.1 Å². The molecule has 0 aliphatic heterocycles. The Morgan fingerprint density at radius 1 is 1.04 bits per heavy atom. The van der Waals surface area contributed by atoms with E-state index in [0.29, 0.717) is 5.69 Å². The van der Waals surface area contributed by atoms with Gasteiger partial charge >= 0.3 is 0 Å². The van der Waals surface area contributed by atoms with E-state index >= 15 is 0 Å². The van der Waals surface area contributed by atoms with Gasteiger partial charge in [0.2, 0.25) is 0 Å². The molecule has 1 N–H and O–H groups in total. The fraction of sp³-hybridized carbons (Fsp3) is 0.105. The number of carbonyl (C=O) groups excluding carboxylic acids is 1. The maximum absolute atomic E-state index is 12.3. The highest BCUT2D eigenvalue weighted by Gasteiger charge is 2.16. The van der Waals surface area contributed by atoms with Gasteiger partial charge in [-0.05, 0) is 35.9 Å². The van der Waals surface area contributed by atoms with Crippen molar-refractivity contribution in [1.82, 2.24) is 0 Å². The van der Waals surface area contributed by atoms with Crippen molar-refractivity contribution in [3.63, 3.8) is 0 Å². The van der Waals surface area contributed by atoms with E-state index in [9.17, 15) is 14.9 Å². The summed E-state index contributed by atoms with van der Waals surface area (Å²) >= 11 is 0. The quantitative estimate of drug-likeness (QED) is 0.560. The molecule has 0 spiro atoms. The molecule has 0 aliphatic rings. The highest BCUT2D eigenvalue weighted by molar-refractivity contribution is 5.96. The minimum Gasteiger partial charge on any atom is -0.481 e. The first-order valence-electron chi connectivity index (χ1n) is 7.74. The van der Waals surface area contributed by atoms with Crippen LogP contribution >= 0.6 is 0 Å². The van der Waals surface area contributed by atoms with Crippen molar-refractivity contribution < 1.29 is 14.5 Å². The monoisotopic (exact) mass is 336 g/mol. The van der Waals surface area contributed by atoms with Crippen LogP contribution in [0.5, 0.6) is 5.75 Å². The summed E-state index contributed by atoms with van der Waals surface area (Å²) in [6.07, 6.45) is -0.798. The Morgan fingerprint density at radius 2 is 1.80 bits per heavy atom. The van der Waals surface area contributed by atoms with E-state index in [1.807, 2.05) is 42.5 Å². The second kappa shape index (κ2) is 7.00. The summed E-state index contributed by atoms with van der Waals surface area (Å²) in [4.78, 5) is 22.6. The molecule has 6 heteroatoms. The Labute approximate surface area is 144 Å². The molecule has 25 heavy (non-hydrogen) atoms. The first-order valence-corrected chi connectivity index (χ1v) is 7.74. The number of nitro groups is 1. The summed E-state index contributed by atoms with van der Waals surface area (Å²) in [5.41, 5.74) is 0.581. The van der Waals surface area contributed by atoms with E-state index in [4.69, 9.17) is 4.74 Å². The van der Waals surface area contributed by atoms with Crippen LogP contribution in [0.3, 0.4) is 0 Å². The lowest BCUT2D eigenvalue weighted by molar-refractivity contribution is -0.384. The lowest BCUT2D eigenvalue weighted by Crippen LogP contribution is -2.30. The predicted molar refractivity (Wildman–Crippen MR) is 95.8 cm³/mol. The maximum Gasteiger partial charge on any atom is 0.273 e. The molecule has 126 valence electrons. The van der Waals surface area contributed by atoms with E-state index in [-0.39, 0.29) is 17.3 Å². The molecule has 0 aromatic heterocycles. The molecule has 6 nitrogen and oxygen atoms in total. The Bertz CT molecular complexity index is 939. The van der Waals surface area contributed by atoms with Crippen molar-refractivity contribution in [2.45, 2.75) is 13.0 Å². The number of rotatable bonds is 5. The molecule has 1 atom stereocenters. The Balaban J connectivity index is 1.69. The molecule has 0 heterocycles.